The van der Waals surface area contributed by atoms with Crippen LogP contribution in [0.1, 0.15) is 32.3 Å². The van der Waals surface area contributed by atoms with Crippen molar-refractivity contribution < 1.29 is 8.78 Å². The third kappa shape index (κ3) is 5.16. The van der Waals surface area contributed by atoms with Gasteiger partial charge < -0.3 is 15.5 Å². The van der Waals surface area contributed by atoms with E-state index >= 15 is 0 Å². The van der Waals surface area contributed by atoms with Crippen LogP contribution in [-0.2, 0) is 6.54 Å². The molecule has 4 nitrogen and oxygen atoms in total. The summed E-state index contributed by atoms with van der Waals surface area (Å²) in [6, 6.07) is 4.40. The molecule has 0 aromatic heterocycles. The van der Waals surface area contributed by atoms with E-state index in [0.717, 1.165) is 38.1 Å². The van der Waals surface area contributed by atoms with Crippen LogP contribution in [0.4, 0.5) is 8.78 Å². The molecule has 2 N–H and O–H groups in total. The highest BCUT2D eigenvalue weighted by Gasteiger charge is 2.21. The summed E-state index contributed by atoms with van der Waals surface area (Å²) in [5, 5.41) is 6.42. The molecule has 1 aliphatic heterocycles. The molecule has 2 rings (SSSR count). The van der Waals surface area contributed by atoms with E-state index in [2.05, 4.69) is 34.4 Å². The molecule has 1 aliphatic rings. The average molecular weight is 324 g/mol. The normalized spacial score (nSPS) is 17.6. The zero-order valence-corrected chi connectivity index (χ0v) is 14.1. The summed E-state index contributed by atoms with van der Waals surface area (Å²) in [5.74, 6) is -0.233. The second kappa shape index (κ2) is 8.24. The minimum absolute atomic E-state index is 0.202. The molecule has 1 saturated heterocycles. The van der Waals surface area contributed by atoms with Crippen molar-refractivity contribution in [2.24, 2.45) is 4.99 Å². The highest BCUT2D eigenvalue weighted by Crippen LogP contribution is 2.13. The van der Waals surface area contributed by atoms with Crippen molar-refractivity contribution in [3.63, 3.8) is 0 Å². The van der Waals surface area contributed by atoms with Gasteiger partial charge in [0.25, 0.3) is 0 Å². The number of likely N-dealkylation sites (tertiary alicyclic amines) is 1. The molecule has 0 atom stereocenters. The molecule has 1 aromatic carbocycles. The zero-order chi connectivity index (χ0) is 16.8. The standard InChI is InChI=1S/C17H26F2N4/c1-12(2)23-8-6-15(7-9-23)22-17(20-3)21-11-13-10-14(18)4-5-16(13)19/h4-5,10,12,15H,6-9,11H2,1-3H3,(H2,20,21,22). The van der Waals surface area contributed by atoms with Gasteiger partial charge >= 0.3 is 0 Å². The van der Waals surface area contributed by atoms with Crippen LogP contribution in [0.5, 0.6) is 0 Å². The van der Waals surface area contributed by atoms with Crippen molar-refractivity contribution in [3.8, 4) is 0 Å². The molecule has 0 amide bonds. The van der Waals surface area contributed by atoms with E-state index in [1.807, 2.05) is 0 Å². The highest BCUT2D eigenvalue weighted by atomic mass is 19.1. The molecular weight excluding hydrogens is 298 g/mol. The molecule has 0 spiro atoms. The Bertz CT molecular complexity index is 537. The molecule has 0 aliphatic carbocycles. The van der Waals surface area contributed by atoms with E-state index in [9.17, 15) is 8.78 Å². The number of nitrogens with one attached hydrogen (secondary N) is 2. The van der Waals surface area contributed by atoms with E-state index in [0.29, 0.717) is 23.6 Å². The van der Waals surface area contributed by atoms with Crippen molar-refractivity contribution in [1.82, 2.24) is 15.5 Å². The first-order valence-corrected chi connectivity index (χ1v) is 8.14. The molecule has 1 heterocycles. The van der Waals surface area contributed by atoms with Gasteiger partial charge in [0.05, 0.1) is 0 Å². The van der Waals surface area contributed by atoms with Crippen LogP contribution in [0.3, 0.4) is 0 Å². The molecule has 0 radical (unpaired) electrons. The lowest BCUT2D eigenvalue weighted by Crippen LogP contribution is -2.49. The lowest BCUT2D eigenvalue weighted by atomic mass is 10.0. The van der Waals surface area contributed by atoms with Gasteiger partial charge in [-0.2, -0.15) is 0 Å². The molecule has 0 saturated carbocycles. The van der Waals surface area contributed by atoms with Crippen molar-refractivity contribution in [1.29, 1.82) is 0 Å². The molecule has 0 bridgehead atoms. The van der Waals surface area contributed by atoms with Crippen LogP contribution in [0.25, 0.3) is 0 Å². The van der Waals surface area contributed by atoms with E-state index in [4.69, 9.17) is 0 Å². The minimum atomic E-state index is -0.438. The van der Waals surface area contributed by atoms with Gasteiger partial charge in [-0.3, -0.25) is 4.99 Å². The van der Waals surface area contributed by atoms with E-state index < -0.39 is 11.6 Å². The summed E-state index contributed by atoms with van der Waals surface area (Å²) in [7, 11) is 1.68. The summed E-state index contributed by atoms with van der Waals surface area (Å²) in [5.41, 5.74) is 0.294. The number of guanidine groups is 1. The third-order valence-electron chi connectivity index (χ3n) is 4.28. The fourth-order valence-electron chi connectivity index (χ4n) is 2.81. The Morgan fingerprint density at radius 2 is 2.00 bits per heavy atom. The van der Waals surface area contributed by atoms with Gasteiger partial charge in [0, 0.05) is 44.3 Å². The predicted octanol–water partition coefficient (Wildman–Crippen LogP) is 2.50. The smallest absolute Gasteiger partial charge is 0.191 e. The van der Waals surface area contributed by atoms with Crippen LogP contribution in [0.2, 0.25) is 0 Å². The Balaban J connectivity index is 1.83. The fraction of sp³-hybridized carbons (Fsp3) is 0.588. The second-order valence-corrected chi connectivity index (χ2v) is 6.21. The number of benzene rings is 1. The Hall–Kier alpha value is -1.69. The van der Waals surface area contributed by atoms with Crippen LogP contribution in [-0.4, -0.2) is 43.1 Å². The molecular formula is C17H26F2N4. The van der Waals surface area contributed by atoms with Gasteiger partial charge in [0.1, 0.15) is 11.6 Å². The number of aliphatic imine (C=N–C) groups is 1. The average Bonchev–Trinajstić information content (AvgIpc) is 2.54. The first-order valence-electron chi connectivity index (χ1n) is 8.14. The number of rotatable bonds is 4. The number of hydrogen-bond acceptors (Lipinski definition) is 2. The van der Waals surface area contributed by atoms with Crippen LogP contribution >= 0.6 is 0 Å². The monoisotopic (exact) mass is 324 g/mol. The van der Waals surface area contributed by atoms with Crippen molar-refractivity contribution in [2.75, 3.05) is 20.1 Å². The Morgan fingerprint density at radius 3 is 2.61 bits per heavy atom. The number of halogens is 2. The molecule has 128 valence electrons. The SMILES string of the molecule is CN=C(NCc1cc(F)ccc1F)NC1CCN(C(C)C)CC1. The first kappa shape index (κ1) is 17.7. The first-order chi connectivity index (χ1) is 11.0. The van der Waals surface area contributed by atoms with Crippen LogP contribution in [0.15, 0.2) is 23.2 Å². The number of piperidine rings is 1. The quantitative estimate of drug-likeness (QED) is 0.660. The van der Waals surface area contributed by atoms with Crippen molar-refractivity contribution in [3.05, 3.63) is 35.4 Å². The van der Waals surface area contributed by atoms with Gasteiger partial charge in [0.2, 0.25) is 0 Å². The van der Waals surface area contributed by atoms with E-state index in [-0.39, 0.29) is 6.54 Å². The number of nitrogens with zero attached hydrogens (tertiary/aromatic N) is 2. The zero-order valence-electron chi connectivity index (χ0n) is 14.1. The number of hydrogen-bond donors (Lipinski definition) is 2. The summed E-state index contributed by atoms with van der Waals surface area (Å²) < 4.78 is 26.8. The summed E-state index contributed by atoms with van der Waals surface area (Å²) in [4.78, 5) is 6.62. The molecule has 0 unspecified atom stereocenters. The summed E-state index contributed by atoms with van der Waals surface area (Å²) in [6.45, 7) is 6.74. The van der Waals surface area contributed by atoms with E-state index in [1.165, 1.54) is 6.07 Å². The van der Waals surface area contributed by atoms with Crippen molar-refractivity contribution >= 4 is 5.96 Å². The topological polar surface area (TPSA) is 39.7 Å². The molecule has 23 heavy (non-hydrogen) atoms. The van der Waals surface area contributed by atoms with Gasteiger partial charge in [-0.05, 0) is 44.9 Å². The lowest BCUT2D eigenvalue weighted by molar-refractivity contribution is 0.167. The van der Waals surface area contributed by atoms with Crippen LogP contribution in [0, 0.1) is 11.6 Å². The summed E-state index contributed by atoms with van der Waals surface area (Å²) in [6.07, 6.45) is 2.10. The maximum Gasteiger partial charge on any atom is 0.191 e. The van der Waals surface area contributed by atoms with Gasteiger partial charge in [0.15, 0.2) is 5.96 Å². The van der Waals surface area contributed by atoms with Gasteiger partial charge in [-0.25, -0.2) is 8.78 Å². The summed E-state index contributed by atoms with van der Waals surface area (Å²) >= 11 is 0. The molecule has 6 heteroatoms. The largest absolute Gasteiger partial charge is 0.354 e. The second-order valence-electron chi connectivity index (χ2n) is 6.21. The Kier molecular flexibility index (Phi) is 6.33. The predicted molar refractivity (Wildman–Crippen MR) is 89.4 cm³/mol. The molecule has 1 aromatic rings. The van der Waals surface area contributed by atoms with E-state index in [1.54, 1.807) is 7.05 Å². The third-order valence-corrected chi connectivity index (χ3v) is 4.28. The Morgan fingerprint density at radius 1 is 1.30 bits per heavy atom. The maximum absolute atomic E-state index is 13.6. The van der Waals surface area contributed by atoms with Crippen molar-refractivity contribution in [2.45, 2.75) is 45.3 Å². The fourth-order valence-corrected chi connectivity index (χ4v) is 2.81. The Labute approximate surface area is 137 Å². The van der Waals surface area contributed by atoms with Crippen LogP contribution < -0.4 is 10.6 Å². The van der Waals surface area contributed by atoms with Gasteiger partial charge in [-0.15, -0.1) is 0 Å². The van der Waals surface area contributed by atoms with Gasteiger partial charge in [-0.1, -0.05) is 0 Å². The minimum Gasteiger partial charge on any atom is -0.354 e. The highest BCUT2D eigenvalue weighted by molar-refractivity contribution is 5.79. The molecule has 1 fully saturated rings. The lowest BCUT2D eigenvalue weighted by Gasteiger charge is -2.35. The maximum atomic E-state index is 13.6.